The smallest absolute Gasteiger partial charge is 0.133 e. The summed E-state index contributed by atoms with van der Waals surface area (Å²) < 4.78 is 0. The fourth-order valence-electron chi connectivity index (χ4n) is 8.27. The SMILES string of the molecule is CC(=O)[C@H]1[C@@H](C)C[C@H]2[C@@H]3CC[C@H]4CC(=O)CC[C@]4(C)[C@H]3CC[C@@]21C. The van der Waals surface area contributed by atoms with Crippen molar-refractivity contribution in [1.82, 2.24) is 0 Å². The van der Waals surface area contributed by atoms with Crippen molar-refractivity contribution < 1.29 is 9.59 Å². The number of hydrogen-bond donors (Lipinski definition) is 0. The lowest BCUT2D eigenvalue weighted by molar-refractivity contribution is -0.143. The molecule has 0 aromatic carbocycles. The van der Waals surface area contributed by atoms with E-state index in [9.17, 15) is 9.59 Å². The minimum atomic E-state index is 0.236. The van der Waals surface area contributed by atoms with Crippen molar-refractivity contribution in [3.63, 3.8) is 0 Å². The van der Waals surface area contributed by atoms with Gasteiger partial charge in [0.05, 0.1) is 0 Å². The normalized spacial score (nSPS) is 53.9. The lowest BCUT2D eigenvalue weighted by Crippen LogP contribution is -2.53. The van der Waals surface area contributed by atoms with Crippen LogP contribution in [0.4, 0.5) is 0 Å². The largest absolute Gasteiger partial charge is 0.300 e. The first kappa shape index (κ1) is 16.8. The van der Waals surface area contributed by atoms with Crippen LogP contribution in [0.5, 0.6) is 0 Å². The summed E-state index contributed by atoms with van der Waals surface area (Å²) in [5.74, 6) is 4.71. The van der Waals surface area contributed by atoms with E-state index in [1.165, 1.54) is 32.1 Å². The molecule has 8 atom stereocenters. The molecule has 0 bridgehead atoms. The summed E-state index contributed by atoms with van der Waals surface area (Å²) >= 11 is 0. The molecule has 0 amide bonds. The van der Waals surface area contributed by atoms with Crippen LogP contribution in [-0.4, -0.2) is 11.6 Å². The van der Waals surface area contributed by atoms with Gasteiger partial charge in [0.25, 0.3) is 0 Å². The lowest BCUT2D eigenvalue weighted by atomic mass is 9.44. The van der Waals surface area contributed by atoms with Gasteiger partial charge in [-0.15, -0.1) is 0 Å². The molecular formula is C22H34O2. The van der Waals surface area contributed by atoms with Crippen molar-refractivity contribution in [2.45, 2.75) is 79.1 Å². The molecule has 2 heteroatoms. The van der Waals surface area contributed by atoms with E-state index in [-0.39, 0.29) is 11.3 Å². The maximum Gasteiger partial charge on any atom is 0.133 e. The second kappa shape index (κ2) is 5.42. The summed E-state index contributed by atoms with van der Waals surface area (Å²) in [6.45, 7) is 9.08. The third-order valence-electron chi connectivity index (χ3n) is 9.26. The molecule has 0 N–H and O–H groups in total. The number of hydrogen-bond acceptors (Lipinski definition) is 2. The van der Waals surface area contributed by atoms with E-state index in [4.69, 9.17) is 0 Å². The molecule has 4 saturated carbocycles. The maximum absolute atomic E-state index is 12.4. The predicted octanol–water partition coefficient (Wildman–Crippen LogP) is 5.05. The Bertz CT molecular complexity index is 566. The lowest BCUT2D eigenvalue weighted by Gasteiger charge is -2.60. The monoisotopic (exact) mass is 330 g/mol. The second-order valence-electron chi connectivity index (χ2n) is 10.2. The molecule has 0 aliphatic heterocycles. The molecule has 0 spiro atoms. The average molecular weight is 331 g/mol. The summed E-state index contributed by atoms with van der Waals surface area (Å²) in [5.41, 5.74) is 0.621. The van der Waals surface area contributed by atoms with Crippen LogP contribution < -0.4 is 0 Å². The number of carbonyl (C=O) groups is 2. The van der Waals surface area contributed by atoms with Crippen LogP contribution >= 0.6 is 0 Å². The first-order chi connectivity index (χ1) is 11.3. The first-order valence-electron chi connectivity index (χ1n) is 10.3. The van der Waals surface area contributed by atoms with E-state index < -0.39 is 0 Å². The zero-order valence-corrected chi connectivity index (χ0v) is 15.9. The topological polar surface area (TPSA) is 34.1 Å². The summed E-state index contributed by atoms with van der Waals surface area (Å²) in [4.78, 5) is 24.3. The van der Waals surface area contributed by atoms with Gasteiger partial charge < -0.3 is 0 Å². The van der Waals surface area contributed by atoms with E-state index >= 15 is 0 Å². The summed E-state index contributed by atoms with van der Waals surface area (Å²) in [6.07, 6.45) is 9.08. The molecule has 0 aromatic heterocycles. The highest BCUT2D eigenvalue weighted by Crippen LogP contribution is 2.68. The molecule has 0 radical (unpaired) electrons. The van der Waals surface area contributed by atoms with Gasteiger partial charge in [0, 0.05) is 18.8 Å². The van der Waals surface area contributed by atoms with Crippen LogP contribution in [0.25, 0.3) is 0 Å². The van der Waals surface area contributed by atoms with Gasteiger partial charge in [-0.25, -0.2) is 0 Å². The standard InChI is InChI=1S/C22H34O2/c1-13-11-19-17-6-5-15-12-16(24)7-9-21(15,3)18(17)8-10-22(19,4)20(13)14(2)23/h13,15,17-20H,5-12H2,1-4H3/t13-,15-,17+,18-,19-,20+,21-,22-/m0/s1. The zero-order chi connectivity index (χ0) is 17.3. The van der Waals surface area contributed by atoms with E-state index in [1.807, 2.05) is 6.92 Å². The van der Waals surface area contributed by atoms with Crippen LogP contribution in [0.2, 0.25) is 0 Å². The van der Waals surface area contributed by atoms with Gasteiger partial charge in [0.2, 0.25) is 0 Å². The summed E-state index contributed by atoms with van der Waals surface area (Å²) in [6, 6.07) is 0. The van der Waals surface area contributed by atoms with Crippen molar-refractivity contribution in [2.24, 2.45) is 46.3 Å². The van der Waals surface area contributed by atoms with Crippen molar-refractivity contribution in [3.8, 4) is 0 Å². The highest BCUT2D eigenvalue weighted by Gasteiger charge is 2.62. The Morgan fingerprint density at radius 1 is 1.04 bits per heavy atom. The van der Waals surface area contributed by atoms with Crippen LogP contribution in [0.1, 0.15) is 79.1 Å². The van der Waals surface area contributed by atoms with Crippen LogP contribution in [-0.2, 0) is 9.59 Å². The van der Waals surface area contributed by atoms with Crippen molar-refractivity contribution >= 4 is 11.6 Å². The van der Waals surface area contributed by atoms with Crippen molar-refractivity contribution in [1.29, 1.82) is 0 Å². The van der Waals surface area contributed by atoms with Gasteiger partial charge in [-0.2, -0.15) is 0 Å². The Labute approximate surface area is 147 Å². The Kier molecular flexibility index (Phi) is 3.79. The quantitative estimate of drug-likeness (QED) is 0.674. The van der Waals surface area contributed by atoms with Gasteiger partial charge in [0.1, 0.15) is 11.6 Å². The van der Waals surface area contributed by atoms with Crippen LogP contribution in [0.15, 0.2) is 0 Å². The fraction of sp³-hybridized carbons (Fsp3) is 0.909. The van der Waals surface area contributed by atoms with Gasteiger partial charge in [-0.3, -0.25) is 9.59 Å². The number of Topliss-reactive ketones (excluding diaryl/α,β-unsaturated/α-hetero) is 2. The summed E-state index contributed by atoms with van der Waals surface area (Å²) in [5, 5.41) is 0. The Morgan fingerprint density at radius 3 is 2.50 bits per heavy atom. The van der Waals surface area contributed by atoms with E-state index in [0.29, 0.717) is 28.8 Å². The third kappa shape index (κ3) is 2.13. The molecule has 0 saturated heterocycles. The molecule has 4 aliphatic carbocycles. The molecule has 24 heavy (non-hydrogen) atoms. The maximum atomic E-state index is 12.4. The predicted molar refractivity (Wildman–Crippen MR) is 95.5 cm³/mol. The van der Waals surface area contributed by atoms with Crippen LogP contribution in [0.3, 0.4) is 0 Å². The Hall–Kier alpha value is -0.660. The minimum Gasteiger partial charge on any atom is -0.300 e. The molecule has 0 aromatic rings. The van der Waals surface area contributed by atoms with Crippen LogP contribution in [0, 0.1) is 46.3 Å². The Morgan fingerprint density at radius 2 is 1.79 bits per heavy atom. The van der Waals surface area contributed by atoms with Gasteiger partial charge in [0.15, 0.2) is 0 Å². The molecule has 4 rings (SSSR count). The fourth-order valence-corrected chi connectivity index (χ4v) is 8.27. The van der Waals surface area contributed by atoms with Crippen molar-refractivity contribution in [2.75, 3.05) is 0 Å². The van der Waals surface area contributed by atoms with Gasteiger partial charge >= 0.3 is 0 Å². The molecule has 0 heterocycles. The number of carbonyl (C=O) groups excluding carboxylic acids is 2. The first-order valence-corrected chi connectivity index (χ1v) is 10.3. The highest BCUT2D eigenvalue weighted by molar-refractivity contribution is 5.80. The molecule has 4 fully saturated rings. The number of ketones is 2. The van der Waals surface area contributed by atoms with Crippen molar-refractivity contribution in [3.05, 3.63) is 0 Å². The highest BCUT2D eigenvalue weighted by atomic mass is 16.1. The van der Waals surface area contributed by atoms with Gasteiger partial charge in [-0.1, -0.05) is 20.8 Å². The summed E-state index contributed by atoms with van der Waals surface area (Å²) in [7, 11) is 0. The minimum absolute atomic E-state index is 0.236. The molecular weight excluding hydrogens is 296 g/mol. The molecule has 2 nitrogen and oxygen atoms in total. The molecule has 134 valence electrons. The number of fused-ring (bicyclic) bond motifs is 5. The molecule has 0 unspecified atom stereocenters. The van der Waals surface area contributed by atoms with E-state index in [2.05, 4.69) is 20.8 Å². The van der Waals surface area contributed by atoms with E-state index in [0.717, 1.165) is 37.0 Å². The molecule has 4 aliphatic rings. The average Bonchev–Trinajstić information content (AvgIpc) is 2.78. The Balaban J connectivity index is 1.65. The third-order valence-corrected chi connectivity index (χ3v) is 9.26. The van der Waals surface area contributed by atoms with Gasteiger partial charge in [-0.05, 0) is 85.9 Å². The zero-order valence-electron chi connectivity index (χ0n) is 15.9. The number of rotatable bonds is 1. The second-order valence-corrected chi connectivity index (χ2v) is 10.2. The van der Waals surface area contributed by atoms with E-state index in [1.54, 1.807) is 0 Å².